The van der Waals surface area contributed by atoms with Gasteiger partial charge in [0.25, 0.3) is 0 Å². The first-order valence-corrected chi connectivity index (χ1v) is 12.1. The number of carbonyl (C=O) groups is 1. The highest BCUT2D eigenvalue weighted by atomic mass is 32.3. The van der Waals surface area contributed by atoms with Crippen LogP contribution in [0.25, 0.3) is 0 Å². The van der Waals surface area contributed by atoms with E-state index in [2.05, 4.69) is 5.32 Å². The largest absolute Gasteiger partial charge is 0.493 e. The summed E-state index contributed by atoms with van der Waals surface area (Å²) in [5.74, 6) is 0.614. The summed E-state index contributed by atoms with van der Waals surface area (Å²) in [6.07, 6.45) is 0. The molecule has 1 aliphatic heterocycles. The van der Waals surface area contributed by atoms with Crippen molar-refractivity contribution in [1.29, 1.82) is 0 Å². The minimum atomic E-state index is -4.82. The van der Waals surface area contributed by atoms with Gasteiger partial charge in [0, 0.05) is 12.1 Å². The van der Waals surface area contributed by atoms with Crippen LogP contribution in [0.2, 0.25) is 0 Å². The Bertz CT molecular complexity index is 1170. The van der Waals surface area contributed by atoms with E-state index in [4.69, 9.17) is 18.9 Å². The zero-order chi connectivity index (χ0) is 23.7. The Morgan fingerprint density at radius 1 is 0.719 bits per heavy atom. The third-order valence-corrected chi connectivity index (χ3v) is 10.2. The minimum Gasteiger partial charge on any atom is -0.493 e. The van der Waals surface area contributed by atoms with Gasteiger partial charge in [0.15, 0.2) is 23.0 Å². The van der Waals surface area contributed by atoms with E-state index in [1.807, 2.05) is 0 Å². The number of carbonyl (C=O) groups excluding carboxylic acids is 1. The molecule has 0 unspecified atom stereocenters. The summed E-state index contributed by atoms with van der Waals surface area (Å²) >= 11 is 0. The molecular formula is C19H23N2O9S2+. The molecule has 1 saturated heterocycles. The van der Waals surface area contributed by atoms with Gasteiger partial charge in [0.1, 0.15) is 16.3 Å². The van der Waals surface area contributed by atoms with Gasteiger partial charge >= 0.3 is 26.1 Å². The van der Waals surface area contributed by atoms with Crippen LogP contribution in [0.4, 0.5) is 4.79 Å². The zero-order valence-corrected chi connectivity index (χ0v) is 19.4. The van der Waals surface area contributed by atoms with Gasteiger partial charge in [-0.25, -0.2) is 4.79 Å². The molecule has 0 aliphatic carbocycles. The maximum atomic E-state index is 13.7. The van der Waals surface area contributed by atoms with Crippen LogP contribution in [0.15, 0.2) is 46.2 Å². The number of methoxy groups -OCH3 is 4. The van der Waals surface area contributed by atoms with Crippen molar-refractivity contribution in [2.75, 3.05) is 41.5 Å². The van der Waals surface area contributed by atoms with E-state index >= 15 is 0 Å². The Labute approximate surface area is 186 Å². The fourth-order valence-electron chi connectivity index (χ4n) is 3.41. The molecule has 0 atom stereocenters. The molecule has 13 heteroatoms. The smallest absolute Gasteiger partial charge is 0.448 e. The number of sulfonamides is 2. The zero-order valence-electron chi connectivity index (χ0n) is 17.8. The number of quaternary nitrogens is 1. The van der Waals surface area contributed by atoms with Gasteiger partial charge in [-0.2, -0.15) is 16.8 Å². The molecule has 0 radical (unpaired) electrons. The molecule has 0 spiro atoms. The van der Waals surface area contributed by atoms with Crippen LogP contribution in [-0.2, 0) is 20.0 Å². The summed E-state index contributed by atoms with van der Waals surface area (Å²) in [5.41, 5.74) is 0. The van der Waals surface area contributed by atoms with Crippen molar-refractivity contribution in [2.24, 2.45) is 0 Å². The molecule has 11 nitrogen and oxygen atoms in total. The number of hydrogen-bond donors (Lipinski definition) is 1. The molecule has 32 heavy (non-hydrogen) atoms. The lowest BCUT2D eigenvalue weighted by atomic mass is 10.3. The van der Waals surface area contributed by atoms with Crippen LogP contribution < -0.4 is 24.3 Å². The van der Waals surface area contributed by atoms with E-state index < -0.39 is 45.7 Å². The molecule has 2 aromatic rings. The topological polar surface area (TPSA) is 134 Å². The van der Waals surface area contributed by atoms with Gasteiger partial charge in [0.2, 0.25) is 0 Å². The second-order valence-electron chi connectivity index (χ2n) is 6.61. The van der Waals surface area contributed by atoms with Gasteiger partial charge in [-0.05, 0) is 27.6 Å². The van der Waals surface area contributed by atoms with Gasteiger partial charge in [-0.1, -0.05) is 0 Å². The first-order chi connectivity index (χ1) is 15.1. The number of hydrogen-bond acceptors (Lipinski definition) is 9. The lowest BCUT2D eigenvalue weighted by Gasteiger charge is -2.27. The number of amides is 2. The van der Waals surface area contributed by atoms with Crippen molar-refractivity contribution in [2.45, 2.75) is 9.79 Å². The molecule has 1 heterocycles. The highest BCUT2D eigenvalue weighted by molar-refractivity contribution is 7.99. The van der Waals surface area contributed by atoms with E-state index in [9.17, 15) is 21.6 Å². The average Bonchev–Trinajstić information content (AvgIpc) is 3.21. The van der Waals surface area contributed by atoms with Crippen molar-refractivity contribution >= 4 is 26.1 Å². The van der Waals surface area contributed by atoms with Crippen LogP contribution in [0, 0.1) is 0 Å². The van der Waals surface area contributed by atoms with Crippen LogP contribution in [0.1, 0.15) is 0 Å². The molecule has 0 aromatic heterocycles. The number of rotatable bonds is 8. The fraction of sp³-hybridized carbons (Fsp3) is 0.316. The molecule has 1 fully saturated rings. The summed E-state index contributed by atoms with van der Waals surface area (Å²) in [6, 6.07) is 6.00. The second kappa shape index (κ2) is 8.48. The molecule has 1 aliphatic rings. The average molecular weight is 488 g/mol. The first-order valence-electron chi connectivity index (χ1n) is 9.21. The summed E-state index contributed by atoms with van der Waals surface area (Å²) in [4.78, 5) is 12.0. The highest BCUT2D eigenvalue weighted by Gasteiger charge is 2.64. The van der Waals surface area contributed by atoms with Gasteiger partial charge in [-0.3, -0.25) is 5.32 Å². The SMILES string of the molecule is COc1ccc(S(=O)(=O)[N+]2(S(=O)(=O)c3ccc(OC)c(OC)c3)CCNC2=O)cc1OC. The first kappa shape index (κ1) is 23.6. The molecule has 0 saturated carbocycles. The molecule has 0 bridgehead atoms. The van der Waals surface area contributed by atoms with Crippen molar-refractivity contribution in [3.05, 3.63) is 36.4 Å². The van der Waals surface area contributed by atoms with Gasteiger partial charge in [0.05, 0.1) is 35.0 Å². The monoisotopic (exact) mass is 487 g/mol. The van der Waals surface area contributed by atoms with Gasteiger partial charge in [-0.15, -0.1) is 0 Å². The lowest BCUT2D eigenvalue weighted by molar-refractivity contribution is -0.565. The minimum absolute atomic E-state index is 0.0647. The molecule has 2 aromatic carbocycles. The van der Waals surface area contributed by atoms with E-state index in [1.54, 1.807) is 0 Å². The predicted molar refractivity (Wildman–Crippen MR) is 112 cm³/mol. The Kier molecular flexibility index (Phi) is 6.26. The van der Waals surface area contributed by atoms with E-state index in [0.717, 1.165) is 24.3 Å². The number of benzene rings is 2. The quantitative estimate of drug-likeness (QED) is 0.547. The van der Waals surface area contributed by atoms with Crippen molar-refractivity contribution in [3.63, 3.8) is 0 Å². The van der Waals surface area contributed by atoms with Crippen molar-refractivity contribution in [3.8, 4) is 23.0 Å². The van der Waals surface area contributed by atoms with Gasteiger partial charge < -0.3 is 18.9 Å². The number of nitrogens with zero attached hydrogens (tertiary/aromatic N) is 1. The molecule has 2 amide bonds. The Morgan fingerprint density at radius 2 is 1.12 bits per heavy atom. The number of urea groups is 1. The van der Waals surface area contributed by atoms with Crippen molar-refractivity contribution in [1.82, 2.24) is 5.32 Å². The second-order valence-corrected chi connectivity index (χ2v) is 10.9. The number of ether oxygens (including phenoxy) is 4. The Hall–Kier alpha value is -3.03. The van der Waals surface area contributed by atoms with Crippen LogP contribution in [0.3, 0.4) is 0 Å². The normalized spacial score (nSPS) is 15.7. The summed E-state index contributed by atoms with van der Waals surface area (Å²) in [7, 11) is -4.28. The third kappa shape index (κ3) is 3.32. The summed E-state index contributed by atoms with van der Waals surface area (Å²) < 4.78 is 73.5. The Morgan fingerprint density at radius 3 is 1.44 bits per heavy atom. The maximum absolute atomic E-state index is 13.7. The standard InChI is InChI=1S/C19H22N2O9S2/c1-27-15-7-5-13(11-17(15)29-3)31(23,24)21(10-9-20-19(21)22)32(25,26)14-6-8-16(28-2)18(12-14)30-4/h5-8,11-12H,9-10H2,1-4H3/p+1. The molecule has 1 N–H and O–H groups in total. The summed E-state index contributed by atoms with van der Waals surface area (Å²) in [6.45, 7) is -0.690. The van der Waals surface area contributed by atoms with E-state index in [-0.39, 0.29) is 29.5 Å². The maximum Gasteiger partial charge on any atom is 0.448 e. The molecule has 3 rings (SSSR count). The van der Waals surface area contributed by atoms with Crippen LogP contribution >= 0.6 is 0 Å². The lowest BCUT2D eigenvalue weighted by Crippen LogP contribution is -2.58. The molecular weight excluding hydrogens is 464 g/mol. The predicted octanol–water partition coefficient (Wildman–Crippen LogP) is 1.34. The summed E-state index contributed by atoms with van der Waals surface area (Å²) in [5, 5.41) is 2.33. The van der Waals surface area contributed by atoms with E-state index in [0.29, 0.717) is 0 Å². The highest BCUT2D eigenvalue weighted by Crippen LogP contribution is 2.40. The Balaban J connectivity index is 2.27. The number of nitrogens with one attached hydrogen (secondary N) is 1. The van der Waals surface area contributed by atoms with Crippen LogP contribution in [-0.4, -0.2) is 67.7 Å². The van der Waals surface area contributed by atoms with E-state index in [1.165, 1.54) is 40.6 Å². The third-order valence-electron chi connectivity index (χ3n) is 5.07. The van der Waals surface area contributed by atoms with Crippen LogP contribution in [0.5, 0.6) is 23.0 Å². The molecule has 174 valence electrons. The fourth-order valence-corrected chi connectivity index (χ4v) is 7.87. The van der Waals surface area contributed by atoms with Crippen molar-refractivity contribution < 1.29 is 43.9 Å².